The first-order valence-electron chi connectivity index (χ1n) is 9.33. The molecular formula is C21H30O5. The monoisotopic (exact) mass is 362 g/mol. The normalized spacial score (nSPS) is 16.4. The van der Waals surface area contributed by atoms with Crippen LogP contribution in [0, 0.1) is 5.41 Å². The van der Waals surface area contributed by atoms with Gasteiger partial charge < -0.3 is 14.2 Å². The van der Waals surface area contributed by atoms with Crippen LogP contribution in [0.25, 0.3) is 0 Å². The molecular weight excluding hydrogens is 332 g/mol. The van der Waals surface area contributed by atoms with E-state index in [4.69, 9.17) is 14.2 Å². The number of Topliss-reactive ketones (excluding diaryl/α,β-unsaturated/α-hetero) is 1. The summed E-state index contributed by atoms with van der Waals surface area (Å²) in [7, 11) is 0. The largest absolute Gasteiger partial charge is 0.465 e. The first-order valence-corrected chi connectivity index (χ1v) is 9.33. The van der Waals surface area contributed by atoms with E-state index >= 15 is 0 Å². The van der Waals surface area contributed by atoms with Gasteiger partial charge in [-0.1, -0.05) is 30.3 Å². The van der Waals surface area contributed by atoms with Crippen LogP contribution in [-0.2, 0) is 23.8 Å². The number of carbonyl (C=O) groups is 2. The minimum absolute atomic E-state index is 0.0731. The van der Waals surface area contributed by atoms with Gasteiger partial charge in [0.1, 0.15) is 5.78 Å². The van der Waals surface area contributed by atoms with Gasteiger partial charge in [0.25, 0.3) is 0 Å². The Labute approximate surface area is 156 Å². The number of benzene rings is 1. The Balaban J connectivity index is 1.81. The third-order valence-corrected chi connectivity index (χ3v) is 4.36. The summed E-state index contributed by atoms with van der Waals surface area (Å²) in [6, 6.07) is 10.0. The number of ketones is 1. The lowest BCUT2D eigenvalue weighted by atomic mass is 9.89. The number of hydrogen-bond acceptors (Lipinski definition) is 5. The van der Waals surface area contributed by atoms with Crippen LogP contribution in [0.2, 0.25) is 0 Å². The van der Waals surface area contributed by atoms with E-state index < -0.39 is 5.41 Å². The highest BCUT2D eigenvalue weighted by molar-refractivity contribution is 5.79. The molecule has 1 unspecified atom stereocenters. The quantitative estimate of drug-likeness (QED) is 0.493. The molecule has 0 aliphatic carbocycles. The molecule has 1 saturated heterocycles. The first-order chi connectivity index (χ1) is 12.4. The lowest BCUT2D eigenvalue weighted by Crippen LogP contribution is -2.23. The third kappa shape index (κ3) is 6.89. The van der Waals surface area contributed by atoms with Crippen LogP contribution < -0.4 is 0 Å². The van der Waals surface area contributed by atoms with Gasteiger partial charge in [0.2, 0.25) is 0 Å². The van der Waals surface area contributed by atoms with Crippen molar-refractivity contribution in [1.82, 2.24) is 0 Å². The molecule has 0 radical (unpaired) electrons. The van der Waals surface area contributed by atoms with E-state index in [0.717, 1.165) is 5.56 Å². The Morgan fingerprint density at radius 2 is 1.81 bits per heavy atom. The summed E-state index contributed by atoms with van der Waals surface area (Å²) in [5.74, 6) is 0.00947. The van der Waals surface area contributed by atoms with Gasteiger partial charge in [-0.2, -0.15) is 0 Å². The second kappa shape index (κ2) is 9.83. The Morgan fingerprint density at radius 1 is 1.15 bits per heavy atom. The molecule has 5 heteroatoms. The second-order valence-corrected chi connectivity index (χ2v) is 7.75. The van der Waals surface area contributed by atoms with Crippen LogP contribution in [-0.4, -0.2) is 37.9 Å². The number of ether oxygens (including phenoxy) is 3. The lowest BCUT2D eigenvalue weighted by Gasteiger charge is -2.20. The molecule has 26 heavy (non-hydrogen) atoms. The Kier molecular flexibility index (Phi) is 7.79. The predicted octanol–water partition coefficient (Wildman–Crippen LogP) is 3.86. The molecule has 2 rings (SSSR count). The summed E-state index contributed by atoms with van der Waals surface area (Å²) < 4.78 is 16.3. The summed E-state index contributed by atoms with van der Waals surface area (Å²) in [5, 5.41) is 0. The maximum absolute atomic E-state index is 12.4. The highest BCUT2D eigenvalue weighted by atomic mass is 16.7. The van der Waals surface area contributed by atoms with Crippen molar-refractivity contribution in [3.63, 3.8) is 0 Å². The summed E-state index contributed by atoms with van der Waals surface area (Å²) >= 11 is 0. The van der Waals surface area contributed by atoms with Crippen LogP contribution in [0.1, 0.15) is 57.9 Å². The average Bonchev–Trinajstić information content (AvgIpc) is 3.11. The molecule has 0 amide bonds. The minimum atomic E-state index is -0.510. The molecule has 144 valence electrons. The average molecular weight is 362 g/mol. The van der Waals surface area contributed by atoms with E-state index in [1.165, 1.54) is 0 Å². The molecule has 1 aromatic carbocycles. The second-order valence-electron chi connectivity index (χ2n) is 7.75. The summed E-state index contributed by atoms with van der Waals surface area (Å²) in [6.07, 6.45) is 1.85. The van der Waals surface area contributed by atoms with E-state index in [-0.39, 0.29) is 30.6 Å². The molecule has 1 heterocycles. The van der Waals surface area contributed by atoms with Crippen molar-refractivity contribution in [2.75, 3.05) is 19.8 Å². The molecule has 1 atom stereocenters. The first kappa shape index (κ1) is 20.6. The zero-order valence-electron chi connectivity index (χ0n) is 16.0. The fraction of sp³-hybridized carbons (Fsp3) is 0.619. The van der Waals surface area contributed by atoms with Gasteiger partial charge in [-0.25, -0.2) is 0 Å². The fourth-order valence-electron chi connectivity index (χ4n) is 2.87. The topological polar surface area (TPSA) is 61.8 Å². The predicted molar refractivity (Wildman–Crippen MR) is 98.8 cm³/mol. The molecule has 1 aliphatic rings. The minimum Gasteiger partial charge on any atom is -0.465 e. The van der Waals surface area contributed by atoms with Gasteiger partial charge in [0.05, 0.1) is 25.2 Å². The Hall–Kier alpha value is -1.72. The smallest absolute Gasteiger partial charge is 0.311 e. The van der Waals surface area contributed by atoms with Crippen molar-refractivity contribution in [1.29, 1.82) is 0 Å². The van der Waals surface area contributed by atoms with Crippen LogP contribution in [0.15, 0.2) is 30.3 Å². The van der Waals surface area contributed by atoms with Crippen LogP contribution in [0.4, 0.5) is 0 Å². The van der Waals surface area contributed by atoms with E-state index in [1.54, 1.807) is 0 Å². The maximum atomic E-state index is 12.4. The molecule has 0 bridgehead atoms. The zero-order valence-corrected chi connectivity index (χ0v) is 16.0. The highest BCUT2D eigenvalue weighted by Crippen LogP contribution is 2.28. The number of rotatable bonds is 9. The third-order valence-electron chi connectivity index (χ3n) is 4.36. The van der Waals surface area contributed by atoms with E-state index in [2.05, 4.69) is 0 Å². The maximum Gasteiger partial charge on any atom is 0.311 e. The van der Waals surface area contributed by atoms with Crippen molar-refractivity contribution in [3.05, 3.63) is 35.9 Å². The van der Waals surface area contributed by atoms with Crippen molar-refractivity contribution in [2.24, 2.45) is 5.41 Å². The van der Waals surface area contributed by atoms with Crippen LogP contribution in [0.3, 0.4) is 0 Å². The zero-order chi connectivity index (χ0) is 19.0. The fourth-order valence-corrected chi connectivity index (χ4v) is 2.87. The van der Waals surface area contributed by atoms with Crippen LogP contribution >= 0.6 is 0 Å². The van der Waals surface area contributed by atoms with Gasteiger partial charge in [-0.05, 0) is 38.7 Å². The van der Waals surface area contributed by atoms with Crippen molar-refractivity contribution in [2.45, 2.75) is 58.7 Å². The number of carbonyl (C=O) groups excluding carboxylic acids is 2. The molecule has 1 aromatic rings. The Bertz CT molecular complexity index is 570. The SMILES string of the molecule is CC(C)(C)C(=O)OCCCC(=O)CC(CC1OCCO1)c1ccccc1. The van der Waals surface area contributed by atoms with E-state index in [1.807, 2.05) is 51.1 Å². The van der Waals surface area contributed by atoms with Gasteiger partial charge >= 0.3 is 5.97 Å². The standard InChI is InChI=1S/C21H30O5/c1-21(2,3)20(23)26-11-7-10-18(22)14-17(15-19-24-12-13-25-19)16-8-5-4-6-9-16/h4-6,8-9,17,19H,7,10-15H2,1-3H3. The van der Waals surface area contributed by atoms with Gasteiger partial charge in [0.15, 0.2) is 6.29 Å². The molecule has 0 N–H and O–H groups in total. The highest BCUT2D eigenvalue weighted by Gasteiger charge is 2.25. The number of esters is 1. The van der Waals surface area contributed by atoms with E-state index in [0.29, 0.717) is 38.9 Å². The van der Waals surface area contributed by atoms with Crippen LogP contribution in [0.5, 0.6) is 0 Å². The van der Waals surface area contributed by atoms with Gasteiger partial charge in [-0.3, -0.25) is 9.59 Å². The van der Waals surface area contributed by atoms with Gasteiger partial charge in [0, 0.05) is 19.3 Å². The summed E-state index contributed by atoms with van der Waals surface area (Å²) in [6.45, 7) is 6.96. The van der Waals surface area contributed by atoms with Crippen molar-refractivity contribution >= 4 is 11.8 Å². The molecule has 0 spiro atoms. The van der Waals surface area contributed by atoms with Crippen molar-refractivity contribution in [3.8, 4) is 0 Å². The number of hydrogen-bond donors (Lipinski definition) is 0. The van der Waals surface area contributed by atoms with Crippen molar-refractivity contribution < 1.29 is 23.8 Å². The molecule has 1 fully saturated rings. The van der Waals surface area contributed by atoms with E-state index in [9.17, 15) is 9.59 Å². The lowest BCUT2D eigenvalue weighted by molar-refractivity contribution is -0.153. The molecule has 5 nitrogen and oxygen atoms in total. The Morgan fingerprint density at radius 3 is 2.42 bits per heavy atom. The molecule has 0 saturated carbocycles. The van der Waals surface area contributed by atoms with Gasteiger partial charge in [-0.15, -0.1) is 0 Å². The summed E-state index contributed by atoms with van der Waals surface area (Å²) in [5.41, 5.74) is 0.614. The summed E-state index contributed by atoms with van der Waals surface area (Å²) in [4.78, 5) is 24.2. The molecule has 0 aromatic heterocycles. The molecule has 1 aliphatic heterocycles.